The highest BCUT2D eigenvalue weighted by Gasteiger charge is 2.14. The fourth-order valence-electron chi connectivity index (χ4n) is 3.73. The van der Waals surface area contributed by atoms with Crippen LogP contribution in [0, 0.1) is 0 Å². The summed E-state index contributed by atoms with van der Waals surface area (Å²) < 4.78 is 10.6. The molecule has 1 heterocycles. The van der Waals surface area contributed by atoms with E-state index >= 15 is 0 Å². The molecule has 2 rings (SSSR count). The van der Waals surface area contributed by atoms with Crippen molar-refractivity contribution in [3.63, 3.8) is 0 Å². The minimum Gasteiger partial charge on any atom is -0.342 e. The number of nitrogens with zero attached hydrogens (tertiary/aromatic N) is 2. The molecule has 0 amide bonds. The van der Waals surface area contributed by atoms with E-state index in [9.17, 15) is 0 Å². The van der Waals surface area contributed by atoms with E-state index in [1.165, 1.54) is 88.1 Å². The Balaban J connectivity index is 1.70. The van der Waals surface area contributed by atoms with Gasteiger partial charge in [0.05, 0.1) is 13.2 Å². The molecule has 0 radical (unpaired) electrons. The second-order valence-corrected chi connectivity index (χ2v) is 7.84. The van der Waals surface area contributed by atoms with E-state index in [-0.39, 0.29) is 0 Å². The van der Waals surface area contributed by atoms with Crippen molar-refractivity contribution in [2.45, 2.75) is 104 Å². The van der Waals surface area contributed by atoms with Crippen molar-refractivity contribution in [2.75, 3.05) is 6.61 Å². The first-order chi connectivity index (χ1) is 13.4. The highest BCUT2D eigenvalue weighted by molar-refractivity contribution is 5.71. The topological polar surface area (TPSA) is 18.0 Å². The van der Waals surface area contributed by atoms with Crippen LogP contribution < -0.4 is 4.57 Å². The normalized spacial score (nSPS) is 11.5. The van der Waals surface area contributed by atoms with E-state index in [2.05, 4.69) is 53.6 Å². The number of aryl methyl sites for hydroxylation is 1. The van der Waals surface area contributed by atoms with Gasteiger partial charge in [0.15, 0.2) is 17.8 Å². The van der Waals surface area contributed by atoms with Gasteiger partial charge < -0.3 is 4.74 Å². The quantitative estimate of drug-likeness (QED) is 0.239. The van der Waals surface area contributed by atoms with Crippen LogP contribution in [0.4, 0.5) is 0 Å². The monoisotopic (exact) mass is 373 g/mol. The van der Waals surface area contributed by atoms with Crippen LogP contribution >= 0.6 is 0 Å². The molecule has 27 heavy (non-hydrogen) atoms. The molecule has 0 N–H and O–H groups in total. The van der Waals surface area contributed by atoms with Crippen LogP contribution in [0.15, 0.2) is 30.6 Å². The number of para-hydroxylation sites is 2. The largest absolute Gasteiger partial charge is 0.342 e. The van der Waals surface area contributed by atoms with E-state index in [0.29, 0.717) is 6.73 Å². The molecule has 152 valence electrons. The third-order valence-corrected chi connectivity index (χ3v) is 5.40. The molecule has 0 saturated carbocycles. The average Bonchev–Trinajstić information content (AvgIpc) is 3.05. The molecule has 1 aromatic carbocycles. The lowest BCUT2D eigenvalue weighted by Crippen LogP contribution is -2.34. The van der Waals surface area contributed by atoms with Gasteiger partial charge in [0.2, 0.25) is 6.33 Å². The summed E-state index contributed by atoms with van der Waals surface area (Å²) in [6.07, 6.45) is 18.2. The van der Waals surface area contributed by atoms with Gasteiger partial charge in [-0.05, 0) is 31.4 Å². The maximum atomic E-state index is 5.98. The Bertz CT molecular complexity index is 620. The molecular formula is C24H41N2O+. The first kappa shape index (κ1) is 21.9. The zero-order valence-corrected chi connectivity index (χ0v) is 17.8. The van der Waals surface area contributed by atoms with Gasteiger partial charge in [-0.15, -0.1) is 0 Å². The van der Waals surface area contributed by atoms with E-state index in [4.69, 9.17) is 4.74 Å². The maximum Gasteiger partial charge on any atom is 0.246 e. The molecular weight excluding hydrogens is 332 g/mol. The highest BCUT2D eigenvalue weighted by atomic mass is 16.5. The number of benzene rings is 1. The molecule has 0 spiro atoms. The predicted octanol–water partition coefficient (Wildman–Crippen LogP) is 6.62. The van der Waals surface area contributed by atoms with Crippen LogP contribution in [0.3, 0.4) is 0 Å². The van der Waals surface area contributed by atoms with Crippen LogP contribution in [0.1, 0.15) is 90.9 Å². The second-order valence-electron chi connectivity index (χ2n) is 7.84. The summed E-state index contributed by atoms with van der Waals surface area (Å²) in [5, 5.41) is 0. The first-order valence-electron chi connectivity index (χ1n) is 11.4. The minimum atomic E-state index is 0.666. The number of ether oxygens (including phenoxy) is 1. The van der Waals surface area contributed by atoms with Gasteiger partial charge in [0, 0.05) is 0 Å². The third-order valence-electron chi connectivity index (χ3n) is 5.40. The molecule has 0 bridgehead atoms. The summed E-state index contributed by atoms with van der Waals surface area (Å²) in [7, 11) is 0. The van der Waals surface area contributed by atoms with Gasteiger partial charge in [0.1, 0.15) is 0 Å². The van der Waals surface area contributed by atoms with Crippen LogP contribution in [-0.2, 0) is 18.0 Å². The Hall–Kier alpha value is -1.35. The lowest BCUT2D eigenvalue weighted by molar-refractivity contribution is -0.710. The Morgan fingerprint density at radius 2 is 1.41 bits per heavy atom. The third kappa shape index (κ3) is 8.04. The van der Waals surface area contributed by atoms with Crippen molar-refractivity contribution in [3.05, 3.63) is 30.6 Å². The van der Waals surface area contributed by atoms with Crippen LogP contribution in [0.2, 0.25) is 0 Å². The molecule has 2 aromatic rings. The Morgan fingerprint density at radius 3 is 2.15 bits per heavy atom. The lowest BCUT2D eigenvalue weighted by atomic mass is 10.1. The molecule has 0 aliphatic rings. The highest BCUT2D eigenvalue weighted by Crippen LogP contribution is 2.13. The molecule has 0 aliphatic carbocycles. The number of fused-ring (bicyclic) bond motifs is 1. The maximum absolute atomic E-state index is 5.98. The smallest absolute Gasteiger partial charge is 0.246 e. The van der Waals surface area contributed by atoms with E-state index < -0.39 is 0 Å². The molecule has 3 nitrogen and oxygen atoms in total. The predicted molar refractivity (Wildman–Crippen MR) is 115 cm³/mol. The Labute approximate surface area is 166 Å². The van der Waals surface area contributed by atoms with Gasteiger partial charge >= 0.3 is 0 Å². The molecule has 0 fully saturated rings. The van der Waals surface area contributed by atoms with Crippen molar-refractivity contribution in [1.82, 2.24) is 4.57 Å². The average molecular weight is 374 g/mol. The molecule has 0 unspecified atom stereocenters. The van der Waals surface area contributed by atoms with E-state index in [0.717, 1.165) is 13.2 Å². The minimum absolute atomic E-state index is 0.666. The Morgan fingerprint density at radius 1 is 0.778 bits per heavy atom. The van der Waals surface area contributed by atoms with Gasteiger partial charge in [-0.2, -0.15) is 0 Å². The summed E-state index contributed by atoms with van der Waals surface area (Å²) in [5.74, 6) is 0. The number of hydrogen-bond acceptors (Lipinski definition) is 1. The van der Waals surface area contributed by atoms with Crippen molar-refractivity contribution in [2.24, 2.45) is 0 Å². The zero-order chi connectivity index (χ0) is 19.2. The van der Waals surface area contributed by atoms with Crippen LogP contribution in [-0.4, -0.2) is 11.2 Å². The van der Waals surface area contributed by atoms with Crippen molar-refractivity contribution in [3.8, 4) is 0 Å². The number of rotatable bonds is 16. The van der Waals surface area contributed by atoms with E-state index in [1.54, 1.807) is 0 Å². The molecule has 1 aromatic heterocycles. The summed E-state index contributed by atoms with van der Waals surface area (Å²) in [6.45, 7) is 7.19. The number of unbranched alkanes of at least 4 members (excludes halogenated alkanes) is 10. The van der Waals surface area contributed by atoms with Gasteiger partial charge in [-0.25, -0.2) is 9.13 Å². The summed E-state index contributed by atoms with van der Waals surface area (Å²) in [5.41, 5.74) is 2.61. The van der Waals surface area contributed by atoms with Gasteiger partial charge in [0.25, 0.3) is 0 Å². The lowest BCUT2D eigenvalue weighted by Gasteiger charge is -2.03. The van der Waals surface area contributed by atoms with Gasteiger partial charge in [-0.1, -0.05) is 83.8 Å². The van der Waals surface area contributed by atoms with Crippen LogP contribution in [0.25, 0.3) is 11.0 Å². The SMILES string of the molecule is CCCCCCCCCCOC[n+]1cn(CCCCCC)c2ccccc21. The first-order valence-corrected chi connectivity index (χ1v) is 11.4. The van der Waals surface area contributed by atoms with Crippen molar-refractivity contribution < 1.29 is 9.30 Å². The number of aromatic nitrogens is 2. The van der Waals surface area contributed by atoms with E-state index in [1.807, 2.05) is 0 Å². The summed E-state index contributed by atoms with van der Waals surface area (Å²) >= 11 is 0. The van der Waals surface area contributed by atoms with Gasteiger partial charge in [-0.3, -0.25) is 0 Å². The second kappa shape index (κ2) is 13.8. The summed E-state index contributed by atoms with van der Waals surface area (Å²) in [4.78, 5) is 0. The zero-order valence-electron chi connectivity index (χ0n) is 17.8. The summed E-state index contributed by atoms with van der Waals surface area (Å²) in [6, 6.07) is 8.69. The standard InChI is InChI=1S/C24H41N2O/c1-3-5-7-9-10-11-12-16-20-27-22-26-21-25(19-15-8-6-4-2)23-17-13-14-18-24(23)26/h13-14,17-18,21H,3-12,15-16,19-20,22H2,1-2H3/q+1. The number of imidazole rings is 1. The fourth-order valence-corrected chi connectivity index (χ4v) is 3.73. The Kier molecular flexibility index (Phi) is 11.2. The number of hydrogen-bond donors (Lipinski definition) is 0. The molecule has 0 atom stereocenters. The molecule has 3 heteroatoms. The molecule has 0 saturated heterocycles. The molecule has 0 aliphatic heterocycles. The fraction of sp³-hybridized carbons (Fsp3) is 0.708. The van der Waals surface area contributed by atoms with Crippen molar-refractivity contribution >= 4 is 11.0 Å². The van der Waals surface area contributed by atoms with Crippen LogP contribution in [0.5, 0.6) is 0 Å². The van der Waals surface area contributed by atoms with Crippen molar-refractivity contribution in [1.29, 1.82) is 0 Å².